The van der Waals surface area contributed by atoms with Crippen LogP contribution in [0.1, 0.15) is 20.1 Å². The summed E-state index contributed by atoms with van der Waals surface area (Å²) in [5.41, 5.74) is 1.06. The Balaban J connectivity index is 2.38. The number of rotatable bonds is 2. The van der Waals surface area contributed by atoms with Crippen LogP contribution in [-0.4, -0.2) is 5.78 Å². The largest absolute Gasteiger partial charge is 0.287 e. The molecule has 0 spiro atoms. The molecule has 0 aliphatic carbocycles. The molecule has 0 saturated carbocycles. The van der Waals surface area contributed by atoms with Gasteiger partial charge >= 0.3 is 0 Å². The molecule has 0 aliphatic heterocycles. The lowest BCUT2D eigenvalue weighted by Crippen LogP contribution is -1.96. The van der Waals surface area contributed by atoms with Gasteiger partial charge in [-0.15, -0.1) is 22.7 Å². The molecule has 0 aromatic carbocycles. The van der Waals surface area contributed by atoms with E-state index in [2.05, 4.69) is 15.9 Å². The standard InChI is InChI=1S/C10H7BrOS2/c1-6-2-3-13-10(6)9(12)8-4-7(11)5-14-8/h2-5H,1H3. The van der Waals surface area contributed by atoms with Crippen LogP contribution in [0.2, 0.25) is 0 Å². The lowest BCUT2D eigenvalue weighted by atomic mass is 10.2. The van der Waals surface area contributed by atoms with Crippen molar-refractivity contribution in [3.63, 3.8) is 0 Å². The van der Waals surface area contributed by atoms with E-state index >= 15 is 0 Å². The highest BCUT2D eigenvalue weighted by Gasteiger charge is 2.14. The zero-order valence-corrected chi connectivity index (χ0v) is 10.6. The first kappa shape index (κ1) is 10.1. The molecule has 0 amide bonds. The molecule has 4 heteroatoms. The quantitative estimate of drug-likeness (QED) is 0.760. The van der Waals surface area contributed by atoms with Crippen molar-refractivity contribution in [3.05, 3.63) is 42.7 Å². The summed E-state index contributed by atoms with van der Waals surface area (Å²) >= 11 is 6.32. The van der Waals surface area contributed by atoms with Gasteiger partial charge in [0, 0.05) is 9.85 Å². The first-order chi connectivity index (χ1) is 6.68. The minimum atomic E-state index is 0.133. The normalized spacial score (nSPS) is 10.4. The Labute approximate surface area is 98.5 Å². The van der Waals surface area contributed by atoms with Gasteiger partial charge in [0.2, 0.25) is 5.78 Å². The maximum atomic E-state index is 11.9. The van der Waals surface area contributed by atoms with Gasteiger partial charge in [0.25, 0.3) is 0 Å². The van der Waals surface area contributed by atoms with E-state index < -0.39 is 0 Å². The zero-order chi connectivity index (χ0) is 10.1. The van der Waals surface area contributed by atoms with Crippen molar-refractivity contribution in [1.29, 1.82) is 0 Å². The summed E-state index contributed by atoms with van der Waals surface area (Å²) in [5.74, 6) is 0.133. The Hall–Kier alpha value is -0.450. The van der Waals surface area contributed by atoms with E-state index in [1.54, 1.807) is 0 Å². The topological polar surface area (TPSA) is 17.1 Å². The van der Waals surface area contributed by atoms with E-state index in [0.29, 0.717) is 0 Å². The highest BCUT2D eigenvalue weighted by molar-refractivity contribution is 9.10. The average molecular weight is 287 g/mol. The monoisotopic (exact) mass is 286 g/mol. The highest BCUT2D eigenvalue weighted by atomic mass is 79.9. The van der Waals surface area contributed by atoms with Crippen molar-refractivity contribution < 1.29 is 4.79 Å². The molecule has 2 rings (SSSR count). The molecule has 0 unspecified atom stereocenters. The molecule has 0 fully saturated rings. The number of aryl methyl sites for hydroxylation is 1. The second-order valence-electron chi connectivity index (χ2n) is 2.89. The second kappa shape index (κ2) is 3.96. The zero-order valence-electron chi connectivity index (χ0n) is 7.41. The van der Waals surface area contributed by atoms with Gasteiger partial charge in [-0.05, 0) is 45.9 Å². The summed E-state index contributed by atoms with van der Waals surface area (Å²) in [6, 6.07) is 3.84. The van der Waals surface area contributed by atoms with E-state index in [0.717, 1.165) is 19.8 Å². The van der Waals surface area contributed by atoms with Crippen LogP contribution in [0, 0.1) is 6.92 Å². The Bertz CT molecular complexity index is 470. The summed E-state index contributed by atoms with van der Waals surface area (Å²) in [6.45, 7) is 1.96. The number of halogens is 1. The molecule has 1 nitrogen and oxygen atoms in total. The molecule has 0 atom stereocenters. The van der Waals surface area contributed by atoms with Gasteiger partial charge in [0.05, 0.1) is 9.75 Å². The van der Waals surface area contributed by atoms with E-state index in [4.69, 9.17) is 0 Å². The van der Waals surface area contributed by atoms with Crippen LogP contribution in [0.25, 0.3) is 0 Å². The molecule has 0 radical (unpaired) electrons. The van der Waals surface area contributed by atoms with Gasteiger partial charge in [-0.1, -0.05) is 0 Å². The molecule has 0 saturated heterocycles. The maximum absolute atomic E-state index is 11.9. The number of carbonyl (C=O) groups excluding carboxylic acids is 1. The van der Waals surface area contributed by atoms with E-state index in [-0.39, 0.29) is 5.78 Å². The van der Waals surface area contributed by atoms with Crippen LogP contribution in [0.4, 0.5) is 0 Å². The van der Waals surface area contributed by atoms with Crippen molar-refractivity contribution in [2.24, 2.45) is 0 Å². The molecule has 0 aliphatic rings. The van der Waals surface area contributed by atoms with Gasteiger partial charge < -0.3 is 0 Å². The van der Waals surface area contributed by atoms with Gasteiger partial charge in [-0.2, -0.15) is 0 Å². The first-order valence-corrected chi connectivity index (χ1v) is 6.56. The van der Waals surface area contributed by atoms with Crippen LogP contribution in [0.5, 0.6) is 0 Å². The third kappa shape index (κ3) is 1.82. The van der Waals surface area contributed by atoms with Gasteiger partial charge in [0.1, 0.15) is 0 Å². The summed E-state index contributed by atoms with van der Waals surface area (Å²) in [7, 11) is 0. The number of thiophene rings is 2. The van der Waals surface area contributed by atoms with Crippen LogP contribution >= 0.6 is 38.6 Å². The summed E-state index contributed by atoms with van der Waals surface area (Å²) in [4.78, 5) is 13.6. The summed E-state index contributed by atoms with van der Waals surface area (Å²) in [6.07, 6.45) is 0. The average Bonchev–Trinajstić information content (AvgIpc) is 2.73. The first-order valence-electron chi connectivity index (χ1n) is 4.01. The highest BCUT2D eigenvalue weighted by Crippen LogP contribution is 2.26. The van der Waals surface area contributed by atoms with Crippen LogP contribution < -0.4 is 0 Å². The van der Waals surface area contributed by atoms with Crippen molar-refractivity contribution in [1.82, 2.24) is 0 Å². The van der Waals surface area contributed by atoms with Gasteiger partial charge in [-0.3, -0.25) is 4.79 Å². The summed E-state index contributed by atoms with van der Waals surface area (Å²) < 4.78 is 0.972. The SMILES string of the molecule is Cc1ccsc1C(=O)c1cc(Br)cs1. The Morgan fingerprint density at radius 1 is 1.43 bits per heavy atom. The van der Waals surface area contributed by atoms with Crippen molar-refractivity contribution >= 4 is 44.4 Å². The Kier molecular flexibility index (Phi) is 2.85. The van der Waals surface area contributed by atoms with Gasteiger partial charge in [0.15, 0.2) is 0 Å². The third-order valence-electron chi connectivity index (χ3n) is 1.86. The predicted octanol–water partition coefficient (Wildman–Crippen LogP) is 4.11. The number of ketones is 1. The van der Waals surface area contributed by atoms with Crippen molar-refractivity contribution in [2.45, 2.75) is 6.92 Å². The molecule has 0 N–H and O–H groups in total. The predicted molar refractivity (Wildman–Crippen MR) is 64.5 cm³/mol. The third-order valence-corrected chi connectivity index (χ3v) is 4.56. The lowest BCUT2D eigenvalue weighted by Gasteiger charge is -1.94. The number of hydrogen-bond acceptors (Lipinski definition) is 3. The molecule has 2 heterocycles. The molecule has 2 aromatic heterocycles. The number of carbonyl (C=O) groups is 1. The van der Waals surface area contributed by atoms with E-state index in [1.165, 1.54) is 22.7 Å². The second-order valence-corrected chi connectivity index (χ2v) is 5.63. The van der Waals surface area contributed by atoms with E-state index in [1.807, 2.05) is 29.8 Å². The Morgan fingerprint density at radius 2 is 2.21 bits per heavy atom. The lowest BCUT2D eigenvalue weighted by molar-refractivity contribution is 0.104. The molecular formula is C10H7BrOS2. The minimum Gasteiger partial charge on any atom is -0.287 e. The fraction of sp³-hybridized carbons (Fsp3) is 0.100. The smallest absolute Gasteiger partial charge is 0.213 e. The summed E-state index contributed by atoms with van der Waals surface area (Å²) in [5, 5.41) is 3.88. The fourth-order valence-corrected chi connectivity index (χ4v) is 3.47. The van der Waals surface area contributed by atoms with Gasteiger partial charge in [-0.25, -0.2) is 0 Å². The Morgan fingerprint density at radius 3 is 2.71 bits per heavy atom. The molecule has 2 aromatic rings. The molecule has 14 heavy (non-hydrogen) atoms. The van der Waals surface area contributed by atoms with Crippen molar-refractivity contribution in [2.75, 3.05) is 0 Å². The molecular weight excluding hydrogens is 280 g/mol. The molecule has 72 valence electrons. The van der Waals surface area contributed by atoms with Crippen LogP contribution in [0.15, 0.2) is 27.4 Å². The van der Waals surface area contributed by atoms with Crippen LogP contribution in [-0.2, 0) is 0 Å². The fourth-order valence-electron chi connectivity index (χ4n) is 1.15. The minimum absolute atomic E-state index is 0.133. The maximum Gasteiger partial charge on any atom is 0.213 e. The van der Waals surface area contributed by atoms with Crippen LogP contribution in [0.3, 0.4) is 0 Å². The van der Waals surface area contributed by atoms with Crippen molar-refractivity contribution in [3.8, 4) is 0 Å². The number of hydrogen-bond donors (Lipinski definition) is 0. The van der Waals surface area contributed by atoms with E-state index in [9.17, 15) is 4.79 Å². The molecule has 0 bridgehead atoms.